The molecular formula is C35H26N2O8S2. The molecule has 6 N–H and O–H groups in total. The molecule has 0 aliphatic rings. The van der Waals surface area contributed by atoms with Crippen molar-refractivity contribution in [3.63, 3.8) is 0 Å². The van der Waals surface area contributed by atoms with Gasteiger partial charge in [-0.2, -0.15) is 0 Å². The first-order valence-electron chi connectivity index (χ1n) is 14.1. The molecule has 0 amide bonds. The zero-order valence-corrected chi connectivity index (χ0v) is 25.9. The van der Waals surface area contributed by atoms with Crippen molar-refractivity contribution in [1.29, 1.82) is 0 Å². The summed E-state index contributed by atoms with van der Waals surface area (Å²) < 4.78 is 2.54. The fourth-order valence-electron chi connectivity index (χ4n) is 5.05. The van der Waals surface area contributed by atoms with E-state index in [1.807, 2.05) is 24.3 Å². The van der Waals surface area contributed by atoms with E-state index in [9.17, 15) is 40.2 Å². The standard InChI is InChI=1S/C35H26N2O8S2/c38-30-18-28(46-26-7-3-1-5-24(26)34(42)43)32(40)36(30)22-13-9-20(10-14-22)17-21-11-15-23(16-12-21)37-31(39)19-29(33(37)41)47-27-8-4-2-6-25(27)35(44)45/h1-16,18-19,38-41H,17H2,(H,42,43)(H,44,45). The van der Waals surface area contributed by atoms with Crippen LogP contribution >= 0.6 is 23.5 Å². The van der Waals surface area contributed by atoms with Crippen LogP contribution in [-0.2, 0) is 6.42 Å². The zero-order chi connectivity index (χ0) is 33.2. The Labute approximate surface area is 276 Å². The highest BCUT2D eigenvalue weighted by atomic mass is 32.2. The van der Waals surface area contributed by atoms with Gasteiger partial charge in [-0.3, -0.25) is 9.13 Å². The van der Waals surface area contributed by atoms with Crippen LogP contribution < -0.4 is 0 Å². The van der Waals surface area contributed by atoms with Crippen LogP contribution in [0, 0.1) is 0 Å². The first-order valence-corrected chi connectivity index (χ1v) is 15.7. The summed E-state index contributed by atoms with van der Waals surface area (Å²) in [5, 5.41) is 62.0. The van der Waals surface area contributed by atoms with Crippen molar-refractivity contribution in [1.82, 2.24) is 9.13 Å². The molecule has 12 heteroatoms. The molecule has 6 rings (SSSR count). The second-order valence-electron chi connectivity index (χ2n) is 10.4. The SMILES string of the molecule is O=C(O)c1ccccc1Sc1cc(O)n(-c2ccc(Cc3ccc(-n4c(O)cc(Sc5ccccc5C(=O)O)c4O)cc3)cc2)c1O. The largest absolute Gasteiger partial charge is 0.494 e. The third-order valence-corrected chi connectivity index (χ3v) is 9.51. The fraction of sp³-hybridized carbons (Fsp3) is 0.0286. The maximum Gasteiger partial charge on any atom is 0.336 e. The van der Waals surface area contributed by atoms with Crippen molar-refractivity contribution in [3.05, 3.63) is 131 Å². The van der Waals surface area contributed by atoms with Crippen molar-refractivity contribution in [2.24, 2.45) is 0 Å². The molecule has 2 aromatic heterocycles. The molecule has 236 valence electrons. The van der Waals surface area contributed by atoms with Gasteiger partial charge >= 0.3 is 11.9 Å². The van der Waals surface area contributed by atoms with Gasteiger partial charge in [0.2, 0.25) is 11.8 Å². The lowest BCUT2D eigenvalue weighted by molar-refractivity contribution is 0.0682. The minimum absolute atomic E-state index is 0.0892. The van der Waals surface area contributed by atoms with Gasteiger partial charge in [-0.1, -0.05) is 72.1 Å². The Kier molecular flexibility index (Phi) is 8.61. The Morgan fingerprint density at radius 1 is 0.511 bits per heavy atom. The van der Waals surface area contributed by atoms with Crippen LogP contribution in [0.2, 0.25) is 0 Å². The van der Waals surface area contributed by atoms with Gasteiger partial charge < -0.3 is 30.6 Å². The fourth-order valence-corrected chi connectivity index (χ4v) is 7.04. The van der Waals surface area contributed by atoms with Gasteiger partial charge in [0, 0.05) is 21.9 Å². The van der Waals surface area contributed by atoms with Crippen molar-refractivity contribution < 1.29 is 40.2 Å². The number of carbonyl (C=O) groups is 2. The highest BCUT2D eigenvalue weighted by Gasteiger charge is 2.21. The second-order valence-corrected chi connectivity index (χ2v) is 12.5. The lowest BCUT2D eigenvalue weighted by Crippen LogP contribution is -1.98. The summed E-state index contributed by atoms with van der Waals surface area (Å²) in [7, 11) is 0. The molecule has 0 saturated carbocycles. The predicted molar refractivity (Wildman–Crippen MR) is 176 cm³/mol. The van der Waals surface area contributed by atoms with Crippen molar-refractivity contribution in [2.75, 3.05) is 0 Å². The number of hydrogen-bond acceptors (Lipinski definition) is 8. The molecule has 2 heterocycles. The molecule has 0 unspecified atom stereocenters. The van der Waals surface area contributed by atoms with Gasteiger partial charge in [0.15, 0.2) is 11.8 Å². The van der Waals surface area contributed by atoms with Gasteiger partial charge in [-0.15, -0.1) is 0 Å². The molecule has 6 aromatic rings. The zero-order valence-electron chi connectivity index (χ0n) is 24.3. The summed E-state index contributed by atoms with van der Waals surface area (Å²) in [6.07, 6.45) is 0.550. The quantitative estimate of drug-likeness (QED) is 0.0869. The average molecular weight is 667 g/mol. The number of carboxylic acid groups (broad SMARTS) is 2. The number of benzene rings is 4. The number of aromatic nitrogens is 2. The molecule has 0 spiro atoms. The number of carboxylic acids is 2. The Morgan fingerprint density at radius 3 is 1.23 bits per heavy atom. The van der Waals surface area contributed by atoms with Crippen molar-refractivity contribution >= 4 is 35.5 Å². The molecule has 4 aromatic carbocycles. The Morgan fingerprint density at radius 2 is 0.872 bits per heavy atom. The van der Waals surface area contributed by atoms with E-state index in [-0.39, 0.29) is 34.6 Å². The van der Waals surface area contributed by atoms with Crippen molar-refractivity contribution in [3.8, 4) is 34.9 Å². The minimum atomic E-state index is -1.09. The molecule has 0 saturated heterocycles. The molecule has 0 bridgehead atoms. The highest BCUT2D eigenvalue weighted by Crippen LogP contribution is 2.43. The first kappa shape index (κ1) is 31.3. The van der Waals surface area contributed by atoms with Crippen LogP contribution in [0.25, 0.3) is 11.4 Å². The normalized spacial score (nSPS) is 11.1. The summed E-state index contributed by atoms with van der Waals surface area (Å²) in [6.45, 7) is 0. The molecule has 0 atom stereocenters. The monoisotopic (exact) mass is 666 g/mol. The van der Waals surface area contributed by atoms with Crippen LogP contribution in [0.15, 0.2) is 129 Å². The molecule has 47 heavy (non-hydrogen) atoms. The molecule has 10 nitrogen and oxygen atoms in total. The van der Waals surface area contributed by atoms with E-state index in [1.54, 1.807) is 60.7 Å². The third-order valence-electron chi connectivity index (χ3n) is 7.32. The average Bonchev–Trinajstić information content (AvgIpc) is 3.49. The number of rotatable bonds is 10. The second kappa shape index (κ2) is 12.9. The van der Waals surface area contributed by atoms with Crippen LogP contribution in [0.4, 0.5) is 0 Å². The summed E-state index contributed by atoms with van der Waals surface area (Å²) in [6, 6.07) is 30.0. The lowest BCUT2D eigenvalue weighted by atomic mass is 10.0. The van der Waals surface area contributed by atoms with E-state index in [0.29, 0.717) is 37.4 Å². The smallest absolute Gasteiger partial charge is 0.336 e. The summed E-state index contributed by atoms with van der Waals surface area (Å²) >= 11 is 2.08. The van der Waals surface area contributed by atoms with Crippen LogP contribution in [0.1, 0.15) is 31.8 Å². The third kappa shape index (κ3) is 6.37. The topological polar surface area (TPSA) is 165 Å². The van der Waals surface area contributed by atoms with Gasteiger partial charge in [0.05, 0.1) is 32.3 Å². The predicted octanol–water partition coefficient (Wildman–Crippen LogP) is 7.38. The van der Waals surface area contributed by atoms with E-state index < -0.39 is 11.9 Å². The Bertz CT molecular complexity index is 1970. The summed E-state index contributed by atoms with van der Waals surface area (Å²) in [4.78, 5) is 24.6. The van der Waals surface area contributed by atoms with Crippen LogP contribution in [0.5, 0.6) is 23.5 Å². The Hall–Kier alpha value is -5.72. The van der Waals surface area contributed by atoms with E-state index in [0.717, 1.165) is 34.7 Å². The number of hydrogen-bond donors (Lipinski definition) is 6. The number of aromatic hydroxyl groups is 4. The summed E-state index contributed by atoms with van der Waals surface area (Å²) in [5.74, 6) is -3.03. The minimum Gasteiger partial charge on any atom is -0.494 e. The van der Waals surface area contributed by atoms with Gasteiger partial charge in [0.25, 0.3) is 0 Å². The molecule has 0 aliphatic carbocycles. The van der Waals surface area contributed by atoms with E-state index in [1.165, 1.54) is 33.4 Å². The maximum absolute atomic E-state index is 11.6. The highest BCUT2D eigenvalue weighted by molar-refractivity contribution is 7.99. The first-order chi connectivity index (χ1) is 22.6. The van der Waals surface area contributed by atoms with Crippen LogP contribution in [0.3, 0.4) is 0 Å². The van der Waals surface area contributed by atoms with Crippen LogP contribution in [-0.4, -0.2) is 51.7 Å². The van der Waals surface area contributed by atoms with E-state index in [4.69, 9.17) is 0 Å². The molecule has 0 fully saturated rings. The number of aromatic carboxylic acids is 2. The summed E-state index contributed by atoms with van der Waals surface area (Å²) in [5.41, 5.74) is 3.09. The van der Waals surface area contributed by atoms with E-state index >= 15 is 0 Å². The van der Waals surface area contributed by atoms with Gasteiger partial charge in [-0.25, -0.2) is 9.59 Å². The molecule has 0 aliphatic heterocycles. The Balaban J connectivity index is 1.17. The maximum atomic E-state index is 11.6. The molecule has 0 radical (unpaired) electrons. The van der Waals surface area contributed by atoms with E-state index in [2.05, 4.69) is 0 Å². The lowest BCUT2D eigenvalue weighted by Gasteiger charge is -2.10. The van der Waals surface area contributed by atoms with Gasteiger partial charge in [-0.05, 0) is 66.1 Å². The van der Waals surface area contributed by atoms with Crippen molar-refractivity contribution in [2.45, 2.75) is 26.0 Å². The number of nitrogens with zero attached hydrogens (tertiary/aromatic N) is 2. The van der Waals surface area contributed by atoms with Gasteiger partial charge in [0.1, 0.15) is 0 Å². The molecular weight excluding hydrogens is 641 g/mol.